The van der Waals surface area contributed by atoms with Crippen LogP contribution in [0.1, 0.15) is 16.2 Å². The van der Waals surface area contributed by atoms with Gasteiger partial charge in [0.15, 0.2) is 0 Å². The number of aromatic nitrogens is 2. The van der Waals surface area contributed by atoms with E-state index in [-0.39, 0.29) is 5.91 Å². The standard InChI is InChI=1S/C20H21N3O5/c1-25-15-6-4-5-13(9-15)20-23-22-18(28-20)7-8-21-19(24)14-10-16(26-2)12-17(11-14)27-3/h4-6,9-12H,7-8H2,1-3H3,(H,21,24). The van der Waals surface area contributed by atoms with Gasteiger partial charge in [-0.05, 0) is 30.3 Å². The van der Waals surface area contributed by atoms with Gasteiger partial charge in [-0.15, -0.1) is 10.2 Å². The van der Waals surface area contributed by atoms with Gasteiger partial charge in [0.25, 0.3) is 5.91 Å². The van der Waals surface area contributed by atoms with Crippen LogP contribution in [0.2, 0.25) is 0 Å². The Morgan fingerprint density at radius 1 is 0.964 bits per heavy atom. The highest BCUT2D eigenvalue weighted by molar-refractivity contribution is 5.95. The van der Waals surface area contributed by atoms with Crippen LogP contribution in [0.5, 0.6) is 17.2 Å². The molecule has 3 aromatic rings. The van der Waals surface area contributed by atoms with Gasteiger partial charge in [0.05, 0.1) is 21.3 Å². The zero-order valence-electron chi connectivity index (χ0n) is 15.9. The van der Waals surface area contributed by atoms with Crippen molar-refractivity contribution < 1.29 is 23.4 Å². The van der Waals surface area contributed by atoms with Crippen molar-refractivity contribution in [1.29, 1.82) is 0 Å². The summed E-state index contributed by atoms with van der Waals surface area (Å²) in [6, 6.07) is 12.4. The molecular weight excluding hydrogens is 362 g/mol. The molecule has 0 fully saturated rings. The minimum Gasteiger partial charge on any atom is -0.497 e. The summed E-state index contributed by atoms with van der Waals surface area (Å²) < 4.78 is 21.2. The first kappa shape index (κ1) is 19.2. The van der Waals surface area contributed by atoms with Crippen molar-refractivity contribution in [3.05, 3.63) is 53.9 Å². The van der Waals surface area contributed by atoms with E-state index in [0.717, 1.165) is 5.56 Å². The molecule has 3 rings (SSSR count). The Labute approximate surface area is 162 Å². The normalized spacial score (nSPS) is 10.4. The molecule has 1 N–H and O–H groups in total. The van der Waals surface area contributed by atoms with E-state index in [9.17, 15) is 4.79 Å². The summed E-state index contributed by atoms with van der Waals surface area (Å²) in [6.07, 6.45) is 0.407. The quantitative estimate of drug-likeness (QED) is 0.639. The Kier molecular flexibility index (Phi) is 6.11. The molecule has 1 heterocycles. The average Bonchev–Trinajstić information content (AvgIpc) is 3.22. The molecule has 0 spiro atoms. The smallest absolute Gasteiger partial charge is 0.251 e. The Morgan fingerprint density at radius 2 is 1.68 bits per heavy atom. The average molecular weight is 383 g/mol. The van der Waals surface area contributed by atoms with E-state index in [2.05, 4.69) is 15.5 Å². The number of hydrogen-bond donors (Lipinski definition) is 1. The Balaban J connectivity index is 1.59. The molecule has 0 aliphatic heterocycles. The van der Waals surface area contributed by atoms with E-state index >= 15 is 0 Å². The molecular formula is C20H21N3O5. The van der Waals surface area contributed by atoms with E-state index in [4.69, 9.17) is 18.6 Å². The molecule has 28 heavy (non-hydrogen) atoms. The van der Waals surface area contributed by atoms with Crippen LogP contribution in [0.4, 0.5) is 0 Å². The van der Waals surface area contributed by atoms with Crippen LogP contribution in [-0.2, 0) is 6.42 Å². The molecule has 2 aromatic carbocycles. The van der Waals surface area contributed by atoms with Crippen molar-refractivity contribution in [1.82, 2.24) is 15.5 Å². The second-order valence-electron chi connectivity index (χ2n) is 5.84. The largest absolute Gasteiger partial charge is 0.497 e. The molecule has 8 heteroatoms. The SMILES string of the molecule is COc1cc(OC)cc(C(=O)NCCc2nnc(-c3cccc(OC)c3)o2)c1. The first-order valence-corrected chi connectivity index (χ1v) is 8.61. The maximum Gasteiger partial charge on any atom is 0.251 e. The Morgan fingerprint density at radius 3 is 2.36 bits per heavy atom. The topological polar surface area (TPSA) is 95.7 Å². The molecule has 0 saturated carbocycles. The maximum absolute atomic E-state index is 12.4. The minimum atomic E-state index is -0.246. The second-order valence-corrected chi connectivity index (χ2v) is 5.84. The van der Waals surface area contributed by atoms with Crippen LogP contribution in [-0.4, -0.2) is 44.0 Å². The van der Waals surface area contributed by atoms with E-state index in [1.165, 1.54) is 14.2 Å². The predicted octanol–water partition coefficient (Wildman–Crippen LogP) is 2.73. The number of nitrogens with zero attached hydrogens (tertiary/aromatic N) is 2. The van der Waals surface area contributed by atoms with Crippen LogP contribution in [0.15, 0.2) is 46.9 Å². The van der Waals surface area contributed by atoms with Crippen LogP contribution < -0.4 is 19.5 Å². The van der Waals surface area contributed by atoms with Crippen LogP contribution in [0.3, 0.4) is 0 Å². The number of rotatable bonds is 8. The van der Waals surface area contributed by atoms with Crippen molar-refractivity contribution >= 4 is 5.91 Å². The summed E-state index contributed by atoms with van der Waals surface area (Å²) in [7, 11) is 4.66. The van der Waals surface area contributed by atoms with Gasteiger partial charge in [0.2, 0.25) is 11.8 Å². The molecule has 8 nitrogen and oxygen atoms in total. The summed E-state index contributed by atoms with van der Waals surface area (Å²) >= 11 is 0. The number of methoxy groups -OCH3 is 3. The van der Waals surface area contributed by atoms with Crippen molar-refractivity contribution in [2.45, 2.75) is 6.42 Å². The number of hydrogen-bond acceptors (Lipinski definition) is 7. The lowest BCUT2D eigenvalue weighted by Gasteiger charge is -2.08. The third-order valence-corrected chi connectivity index (χ3v) is 4.02. The highest BCUT2D eigenvalue weighted by Gasteiger charge is 2.12. The molecule has 0 bridgehead atoms. The zero-order valence-corrected chi connectivity index (χ0v) is 15.9. The highest BCUT2D eigenvalue weighted by atomic mass is 16.5. The minimum absolute atomic E-state index is 0.246. The van der Waals surface area contributed by atoms with E-state index in [0.29, 0.717) is 47.6 Å². The fourth-order valence-electron chi connectivity index (χ4n) is 2.55. The summed E-state index contributed by atoms with van der Waals surface area (Å²) in [5.74, 6) is 2.38. The van der Waals surface area contributed by atoms with Gasteiger partial charge in [0.1, 0.15) is 17.2 Å². The van der Waals surface area contributed by atoms with Crippen LogP contribution in [0.25, 0.3) is 11.5 Å². The summed E-state index contributed by atoms with van der Waals surface area (Å²) in [6.45, 7) is 0.345. The van der Waals surface area contributed by atoms with E-state index in [1.807, 2.05) is 24.3 Å². The third-order valence-electron chi connectivity index (χ3n) is 4.02. The van der Waals surface area contributed by atoms with Gasteiger partial charge in [-0.2, -0.15) is 0 Å². The summed E-state index contributed by atoms with van der Waals surface area (Å²) in [5, 5.41) is 10.9. The molecule has 0 unspecified atom stereocenters. The van der Waals surface area contributed by atoms with Crippen molar-refractivity contribution in [3.63, 3.8) is 0 Å². The summed E-state index contributed by atoms with van der Waals surface area (Å²) in [4.78, 5) is 12.4. The van der Waals surface area contributed by atoms with Crippen LogP contribution in [0, 0.1) is 0 Å². The number of carbonyl (C=O) groups is 1. The number of ether oxygens (including phenoxy) is 3. The fraction of sp³-hybridized carbons (Fsp3) is 0.250. The molecule has 146 valence electrons. The molecule has 0 radical (unpaired) electrons. The number of nitrogens with one attached hydrogen (secondary N) is 1. The van der Waals surface area contributed by atoms with Gasteiger partial charge in [-0.25, -0.2) is 0 Å². The molecule has 0 aliphatic carbocycles. The summed E-state index contributed by atoms with van der Waals surface area (Å²) in [5.41, 5.74) is 1.21. The molecule has 0 atom stereocenters. The lowest BCUT2D eigenvalue weighted by molar-refractivity contribution is 0.0953. The van der Waals surface area contributed by atoms with E-state index < -0.39 is 0 Å². The Hall–Kier alpha value is -3.55. The molecule has 0 aliphatic rings. The Bertz CT molecular complexity index is 932. The molecule has 1 aromatic heterocycles. The first-order valence-electron chi connectivity index (χ1n) is 8.61. The monoisotopic (exact) mass is 383 g/mol. The number of benzene rings is 2. The highest BCUT2D eigenvalue weighted by Crippen LogP contribution is 2.23. The molecule has 0 saturated heterocycles. The number of carbonyl (C=O) groups excluding carboxylic acids is 1. The van der Waals surface area contributed by atoms with Crippen molar-refractivity contribution in [2.24, 2.45) is 0 Å². The third kappa shape index (κ3) is 4.59. The van der Waals surface area contributed by atoms with Gasteiger partial charge in [0, 0.05) is 30.2 Å². The van der Waals surface area contributed by atoms with Gasteiger partial charge in [-0.1, -0.05) is 6.07 Å². The first-order chi connectivity index (χ1) is 13.6. The lowest BCUT2D eigenvalue weighted by Crippen LogP contribution is -2.25. The number of amides is 1. The van der Waals surface area contributed by atoms with Crippen molar-refractivity contribution in [3.8, 4) is 28.7 Å². The predicted molar refractivity (Wildman–Crippen MR) is 102 cm³/mol. The van der Waals surface area contributed by atoms with E-state index in [1.54, 1.807) is 25.3 Å². The van der Waals surface area contributed by atoms with Gasteiger partial charge >= 0.3 is 0 Å². The zero-order chi connectivity index (χ0) is 19.9. The van der Waals surface area contributed by atoms with Crippen LogP contribution >= 0.6 is 0 Å². The van der Waals surface area contributed by atoms with Gasteiger partial charge < -0.3 is 23.9 Å². The second kappa shape index (κ2) is 8.90. The van der Waals surface area contributed by atoms with Crippen molar-refractivity contribution in [2.75, 3.05) is 27.9 Å². The fourth-order valence-corrected chi connectivity index (χ4v) is 2.55. The lowest BCUT2D eigenvalue weighted by atomic mass is 10.2. The molecule has 1 amide bonds. The maximum atomic E-state index is 12.4. The van der Waals surface area contributed by atoms with Gasteiger partial charge in [-0.3, -0.25) is 4.79 Å².